The van der Waals surface area contributed by atoms with Gasteiger partial charge in [-0.25, -0.2) is 37.5 Å². The average molecular weight is 839 g/mol. The van der Waals surface area contributed by atoms with Crippen molar-refractivity contribution in [2.45, 2.75) is 117 Å². The SMILES string of the molecule is C=C(C)C(=O)OC(C)C(F)(F)F.C=C(C)C(=O)OC1CCOC1=O.C=C(C)C(=O)OCC(=O)OC1C2CC3CC(C2)C(=O)OC1C3.C=C(C)C(=O)OCCC(C)(F)F. The quantitative estimate of drug-likeness (QED) is 0.0964. The highest BCUT2D eigenvalue weighted by molar-refractivity contribution is 5.90. The second-order valence-electron chi connectivity index (χ2n) is 14.3. The van der Waals surface area contributed by atoms with Crippen LogP contribution in [-0.4, -0.2) is 98.1 Å². The van der Waals surface area contributed by atoms with Gasteiger partial charge in [-0.1, -0.05) is 26.3 Å². The normalized spacial score (nSPS) is 23.1. The number of rotatable bonds is 12. The molecule has 7 atom stereocenters. The highest BCUT2D eigenvalue weighted by Crippen LogP contribution is 2.48. The molecule has 5 rings (SSSR count). The lowest BCUT2D eigenvalue weighted by Gasteiger charge is -2.41. The monoisotopic (exact) mass is 838 g/mol. The van der Waals surface area contributed by atoms with Crippen LogP contribution in [0.25, 0.3) is 0 Å². The average Bonchev–Trinajstić information content (AvgIpc) is 3.43. The number of ether oxygens (including phenoxy) is 7. The van der Waals surface area contributed by atoms with E-state index < -0.39 is 79.3 Å². The van der Waals surface area contributed by atoms with Crippen LogP contribution in [0.15, 0.2) is 48.6 Å². The van der Waals surface area contributed by atoms with Crippen LogP contribution in [-0.2, 0) is 66.7 Å². The molecule has 14 nitrogen and oxygen atoms in total. The molecule has 2 saturated carbocycles. The predicted octanol–water partition coefficient (Wildman–Crippen LogP) is 6.01. The summed E-state index contributed by atoms with van der Waals surface area (Å²) in [5.41, 5.74) is 0.684. The van der Waals surface area contributed by atoms with Crippen LogP contribution >= 0.6 is 0 Å². The van der Waals surface area contributed by atoms with Crippen molar-refractivity contribution < 1.29 is 88.7 Å². The van der Waals surface area contributed by atoms with E-state index in [2.05, 4.69) is 40.5 Å². The molecule has 0 amide bonds. The second-order valence-corrected chi connectivity index (χ2v) is 14.3. The fraction of sp³-hybridized carbons (Fsp3) is 0.615. The lowest BCUT2D eigenvalue weighted by Crippen LogP contribution is -2.45. The fourth-order valence-corrected chi connectivity index (χ4v) is 5.46. The number of esters is 7. The molecule has 19 heteroatoms. The Morgan fingerprint density at radius 3 is 1.79 bits per heavy atom. The molecule has 5 aliphatic rings. The molecule has 0 aromatic rings. The molecule has 7 unspecified atom stereocenters. The van der Waals surface area contributed by atoms with Crippen molar-refractivity contribution in [1.29, 1.82) is 0 Å². The number of carbonyl (C=O) groups excluding carboxylic acids is 7. The summed E-state index contributed by atoms with van der Waals surface area (Å²) in [6, 6.07) is 0. The van der Waals surface area contributed by atoms with Crippen LogP contribution in [0.3, 0.4) is 0 Å². The molecule has 3 aliphatic heterocycles. The molecular weight excluding hydrogens is 787 g/mol. The number of hydrogen-bond donors (Lipinski definition) is 0. The van der Waals surface area contributed by atoms with Gasteiger partial charge in [-0.05, 0) is 73.1 Å². The second kappa shape index (κ2) is 22.7. The zero-order valence-electron chi connectivity index (χ0n) is 33.3. The zero-order chi connectivity index (χ0) is 44.7. The summed E-state index contributed by atoms with van der Waals surface area (Å²) in [4.78, 5) is 78.1. The Morgan fingerprint density at radius 2 is 1.31 bits per heavy atom. The molecule has 5 fully saturated rings. The fourth-order valence-electron chi connectivity index (χ4n) is 5.46. The van der Waals surface area contributed by atoms with Gasteiger partial charge in [0.1, 0.15) is 12.2 Å². The number of halogens is 5. The van der Waals surface area contributed by atoms with Crippen molar-refractivity contribution >= 4 is 41.8 Å². The molecule has 0 aromatic heterocycles. The highest BCUT2D eigenvalue weighted by atomic mass is 19.4. The minimum absolute atomic E-state index is 0.0499. The van der Waals surface area contributed by atoms with E-state index in [1.54, 1.807) is 0 Å². The molecular formula is C39H51F5O14. The molecule has 4 bridgehead atoms. The van der Waals surface area contributed by atoms with Gasteiger partial charge in [0.2, 0.25) is 12.0 Å². The lowest BCUT2D eigenvalue weighted by molar-refractivity contribution is -0.213. The van der Waals surface area contributed by atoms with Crippen molar-refractivity contribution in [2.24, 2.45) is 17.8 Å². The van der Waals surface area contributed by atoms with Gasteiger partial charge in [0.15, 0.2) is 12.7 Å². The van der Waals surface area contributed by atoms with E-state index in [4.69, 9.17) is 18.9 Å². The first-order valence-electron chi connectivity index (χ1n) is 18.0. The van der Waals surface area contributed by atoms with E-state index in [-0.39, 0.29) is 52.8 Å². The van der Waals surface area contributed by atoms with Crippen LogP contribution in [0.2, 0.25) is 0 Å². The summed E-state index contributed by atoms with van der Waals surface area (Å²) in [7, 11) is 0. The molecule has 0 spiro atoms. The van der Waals surface area contributed by atoms with Gasteiger partial charge >= 0.3 is 48.0 Å². The zero-order valence-corrected chi connectivity index (χ0v) is 33.3. The third kappa shape index (κ3) is 18.4. The molecule has 0 N–H and O–H groups in total. The standard InChI is InChI=1S/C16H20O6.C8H12F2O2.C8H10O4.C7H9F3O2/c1-8(2)15(18)20-7-13(17)22-14-10-3-9-4-11(6-10)16(19)21-12(14)5-9;1-6(2)7(11)12-5-4-8(3,9)10;1-5(2)7(9)12-6-3-4-11-8(6)10;1-4(2)6(11)12-5(3)7(8,9)10/h9-12,14H,1,3-7H2,2H3;1,4-5H2,2-3H3;6H,1,3-4H2,2H3;5H,1H2,2-3H3. The number of alkyl halides is 5. The molecule has 0 aromatic carbocycles. The van der Waals surface area contributed by atoms with Gasteiger partial charge in [0.25, 0.3) is 0 Å². The van der Waals surface area contributed by atoms with E-state index in [9.17, 15) is 55.5 Å². The smallest absolute Gasteiger partial charge is 0.425 e. The summed E-state index contributed by atoms with van der Waals surface area (Å²) in [5, 5.41) is 0. The Labute approximate surface area is 333 Å². The van der Waals surface area contributed by atoms with E-state index in [1.165, 1.54) is 27.7 Å². The molecule has 326 valence electrons. The largest absolute Gasteiger partial charge is 0.463 e. The Morgan fingerprint density at radius 1 is 0.759 bits per heavy atom. The summed E-state index contributed by atoms with van der Waals surface area (Å²) in [5.74, 6) is -6.25. The maximum absolute atomic E-state index is 12.2. The molecule has 0 radical (unpaired) electrons. The highest BCUT2D eigenvalue weighted by Gasteiger charge is 2.51. The van der Waals surface area contributed by atoms with Gasteiger partial charge in [-0.15, -0.1) is 0 Å². The van der Waals surface area contributed by atoms with Gasteiger partial charge in [0.05, 0.1) is 19.1 Å². The van der Waals surface area contributed by atoms with Crippen LogP contribution in [0.1, 0.15) is 80.1 Å². The number of fused-ring (bicyclic) bond motifs is 1. The van der Waals surface area contributed by atoms with Gasteiger partial charge < -0.3 is 33.2 Å². The third-order valence-corrected chi connectivity index (χ3v) is 8.48. The first kappa shape index (κ1) is 50.9. The van der Waals surface area contributed by atoms with Gasteiger partial charge in [-0.2, -0.15) is 13.2 Å². The van der Waals surface area contributed by atoms with Crippen LogP contribution < -0.4 is 0 Å². The number of cyclic esters (lactones) is 1. The van der Waals surface area contributed by atoms with Crippen molar-refractivity contribution in [3.8, 4) is 0 Å². The lowest BCUT2D eigenvalue weighted by atomic mass is 9.67. The predicted molar refractivity (Wildman–Crippen MR) is 192 cm³/mol. The summed E-state index contributed by atoms with van der Waals surface area (Å²) >= 11 is 0. The molecule has 3 saturated heterocycles. The maximum Gasteiger partial charge on any atom is 0.425 e. The minimum Gasteiger partial charge on any atom is -0.463 e. The number of hydrogen-bond acceptors (Lipinski definition) is 14. The Bertz CT molecular complexity index is 1580. The number of carbonyl (C=O) groups is 7. The van der Waals surface area contributed by atoms with Crippen molar-refractivity contribution in [3.63, 3.8) is 0 Å². The van der Waals surface area contributed by atoms with E-state index >= 15 is 0 Å². The molecule has 2 aliphatic carbocycles. The van der Waals surface area contributed by atoms with Gasteiger partial charge in [-0.3, -0.25) is 4.79 Å². The maximum atomic E-state index is 12.2. The Hall–Kier alpha value is -5.10. The topological polar surface area (TPSA) is 184 Å². The first-order valence-corrected chi connectivity index (χ1v) is 18.0. The molecule has 3 heterocycles. The van der Waals surface area contributed by atoms with Crippen molar-refractivity contribution in [1.82, 2.24) is 0 Å². The van der Waals surface area contributed by atoms with Gasteiger partial charge in [0, 0.05) is 41.1 Å². The summed E-state index contributed by atoms with van der Waals surface area (Å²) in [6.07, 6.45) is -4.77. The van der Waals surface area contributed by atoms with E-state index in [1.807, 2.05) is 0 Å². The first-order chi connectivity index (χ1) is 26.6. The minimum atomic E-state index is -4.51. The van der Waals surface area contributed by atoms with Crippen LogP contribution in [0.4, 0.5) is 22.0 Å². The Balaban J connectivity index is 0.000000408. The summed E-state index contributed by atoms with van der Waals surface area (Å²) < 4.78 is 93.2. The van der Waals surface area contributed by atoms with Crippen molar-refractivity contribution in [2.75, 3.05) is 19.8 Å². The van der Waals surface area contributed by atoms with E-state index in [0.717, 1.165) is 39.5 Å². The van der Waals surface area contributed by atoms with Crippen LogP contribution in [0, 0.1) is 17.8 Å². The van der Waals surface area contributed by atoms with E-state index in [0.29, 0.717) is 18.9 Å². The third-order valence-electron chi connectivity index (χ3n) is 8.48. The van der Waals surface area contributed by atoms with Crippen LogP contribution in [0.5, 0.6) is 0 Å². The molecule has 58 heavy (non-hydrogen) atoms. The summed E-state index contributed by atoms with van der Waals surface area (Å²) in [6.45, 7) is 20.2. The Kier molecular flexibility index (Phi) is 20.0. The van der Waals surface area contributed by atoms with Crippen molar-refractivity contribution in [3.05, 3.63) is 48.6 Å².